The molecule has 122 valence electrons. The second-order valence-electron chi connectivity index (χ2n) is 5.95. The third kappa shape index (κ3) is 4.36. The van der Waals surface area contributed by atoms with E-state index in [2.05, 4.69) is 10.2 Å². The zero-order valence-electron chi connectivity index (χ0n) is 13.0. The molecule has 1 aromatic carbocycles. The van der Waals surface area contributed by atoms with Gasteiger partial charge < -0.3 is 9.73 Å². The Morgan fingerprint density at radius 2 is 2.00 bits per heavy atom. The number of rotatable bonds is 6. The van der Waals surface area contributed by atoms with E-state index >= 15 is 0 Å². The van der Waals surface area contributed by atoms with E-state index in [-0.39, 0.29) is 5.91 Å². The maximum Gasteiger partial charge on any atom is 0.238 e. The van der Waals surface area contributed by atoms with E-state index < -0.39 is 0 Å². The van der Waals surface area contributed by atoms with Crippen molar-refractivity contribution in [1.82, 2.24) is 4.90 Å². The lowest BCUT2D eigenvalue weighted by molar-refractivity contribution is -0.118. The van der Waals surface area contributed by atoms with Crippen LogP contribution in [-0.2, 0) is 11.3 Å². The molecule has 0 radical (unpaired) electrons. The summed E-state index contributed by atoms with van der Waals surface area (Å²) in [4.78, 5) is 14.6. The van der Waals surface area contributed by atoms with Gasteiger partial charge in [-0.2, -0.15) is 0 Å². The Morgan fingerprint density at radius 1 is 1.22 bits per heavy atom. The minimum atomic E-state index is -0.0449. The van der Waals surface area contributed by atoms with Crippen molar-refractivity contribution in [3.63, 3.8) is 0 Å². The van der Waals surface area contributed by atoms with Crippen molar-refractivity contribution in [3.05, 3.63) is 53.4 Å². The summed E-state index contributed by atoms with van der Waals surface area (Å²) in [6.45, 7) is 1.00. The fourth-order valence-corrected chi connectivity index (χ4v) is 3.31. The Balaban J connectivity index is 1.65. The zero-order valence-corrected chi connectivity index (χ0v) is 13.8. The van der Waals surface area contributed by atoms with Gasteiger partial charge in [-0.3, -0.25) is 9.69 Å². The second kappa shape index (κ2) is 7.66. The minimum absolute atomic E-state index is 0.0449. The number of furan rings is 1. The van der Waals surface area contributed by atoms with Gasteiger partial charge in [-0.25, -0.2) is 0 Å². The third-order valence-electron chi connectivity index (χ3n) is 4.27. The van der Waals surface area contributed by atoms with Crippen LogP contribution in [0.5, 0.6) is 0 Å². The molecular weight excluding hydrogens is 312 g/mol. The average Bonchev–Trinajstić information content (AvgIpc) is 3.22. The first-order chi connectivity index (χ1) is 11.2. The lowest BCUT2D eigenvalue weighted by Crippen LogP contribution is -2.39. The fourth-order valence-electron chi connectivity index (χ4n) is 3.12. The summed E-state index contributed by atoms with van der Waals surface area (Å²) in [6, 6.07) is 11.6. The number of nitrogens with one attached hydrogen (secondary N) is 1. The number of carbonyl (C=O) groups is 1. The van der Waals surface area contributed by atoms with Crippen LogP contribution >= 0.6 is 11.6 Å². The highest BCUT2D eigenvalue weighted by Gasteiger charge is 2.25. The standard InChI is InChI=1S/C18H21ClN2O2/c19-16-9-3-4-10-17(16)20-18(22)13-21(14-6-1-2-7-14)12-15-8-5-11-23-15/h3-5,8-11,14H,1-2,6-7,12-13H2,(H,20,22). The second-order valence-corrected chi connectivity index (χ2v) is 6.36. The maximum absolute atomic E-state index is 12.4. The number of hydrogen-bond donors (Lipinski definition) is 1. The van der Waals surface area contributed by atoms with Crippen molar-refractivity contribution in [2.75, 3.05) is 11.9 Å². The molecular formula is C18H21ClN2O2. The molecule has 4 nitrogen and oxygen atoms in total. The molecule has 1 heterocycles. The van der Waals surface area contributed by atoms with E-state index in [4.69, 9.17) is 16.0 Å². The quantitative estimate of drug-likeness (QED) is 0.857. The van der Waals surface area contributed by atoms with Gasteiger partial charge in [0.25, 0.3) is 0 Å². The number of anilines is 1. The van der Waals surface area contributed by atoms with Crippen LogP contribution < -0.4 is 5.32 Å². The van der Waals surface area contributed by atoms with Gasteiger partial charge in [0.15, 0.2) is 0 Å². The predicted molar refractivity (Wildman–Crippen MR) is 91.5 cm³/mol. The topological polar surface area (TPSA) is 45.5 Å². The highest BCUT2D eigenvalue weighted by Crippen LogP contribution is 2.25. The van der Waals surface area contributed by atoms with Gasteiger partial charge in [-0.1, -0.05) is 36.6 Å². The number of nitrogens with zero attached hydrogens (tertiary/aromatic N) is 1. The van der Waals surface area contributed by atoms with E-state index in [1.165, 1.54) is 12.8 Å². The molecule has 0 atom stereocenters. The van der Waals surface area contributed by atoms with Gasteiger partial charge in [0.05, 0.1) is 30.1 Å². The molecule has 0 saturated heterocycles. The highest BCUT2D eigenvalue weighted by molar-refractivity contribution is 6.33. The Kier molecular flexibility index (Phi) is 5.36. The zero-order chi connectivity index (χ0) is 16.1. The van der Waals surface area contributed by atoms with Crippen molar-refractivity contribution in [2.45, 2.75) is 38.3 Å². The molecule has 0 bridgehead atoms. The molecule has 3 rings (SSSR count). The van der Waals surface area contributed by atoms with Crippen LogP contribution in [0.4, 0.5) is 5.69 Å². The predicted octanol–water partition coefficient (Wildman–Crippen LogP) is 4.32. The van der Waals surface area contributed by atoms with Gasteiger partial charge in [-0.15, -0.1) is 0 Å². The highest BCUT2D eigenvalue weighted by atomic mass is 35.5. The van der Waals surface area contributed by atoms with Crippen molar-refractivity contribution in [3.8, 4) is 0 Å². The summed E-state index contributed by atoms with van der Waals surface area (Å²) in [5.74, 6) is 0.846. The van der Waals surface area contributed by atoms with Crippen LogP contribution in [0, 0.1) is 0 Å². The Bertz CT molecular complexity index is 636. The Morgan fingerprint density at radius 3 is 2.70 bits per heavy atom. The first-order valence-corrected chi connectivity index (χ1v) is 8.41. The normalized spacial score (nSPS) is 15.2. The van der Waals surface area contributed by atoms with Crippen molar-refractivity contribution >= 4 is 23.2 Å². The van der Waals surface area contributed by atoms with Crippen LogP contribution in [0.1, 0.15) is 31.4 Å². The fraction of sp³-hybridized carbons (Fsp3) is 0.389. The van der Waals surface area contributed by atoms with Crippen LogP contribution in [0.3, 0.4) is 0 Å². The number of carbonyl (C=O) groups excluding carboxylic acids is 1. The number of halogens is 1. The van der Waals surface area contributed by atoms with Crippen LogP contribution in [0.15, 0.2) is 47.1 Å². The minimum Gasteiger partial charge on any atom is -0.468 e. The van der Waals surface area contributed by atoms with E-state index in [9.17, 15) is 4.79 Å². The molecule has 5 heteroatoms. The van der Waals surface area contributed by atoms with E-state index in [1.807, 2.05) is 30.3 Å². The summed E-state index contributed by atoms with van der Waals surface area (Å²) < 4.78 is 5.45. The number of para-hydroxylation sites is 1. The van der Waals surface area contributed by atoms with Gasteiger partial charge in [0.1, 0.15) is 5.76 Å². The van der Waals surface area contributed by atoms with Crippen LogP contribution in [0.25, 0.3) is 0 Å². The number of hydrogen-bond acceptors (Lipinski definition) is 3. The van der Waals surface area contributed by atoms with Gasteiger partial charge in [-0.05, 0) is 37.1 Å². The summed E-state index contributed by atoms with van der Waals surface area (Å²) in [7, 11) is 0. The molecule has 1 saturated carbocycles. The molecule has 1 aliphatic rings. The smallest absolute Gasteiger partial charge is 0.238 e. The van der Waals surface area contributed by atoms with Gasteiger partial charge >= 0.3 is 0 Å². The summed E-state index contributed by atoms with van der Waals surface area (Å²) in [6.07, 6.45) is 6.41. The molecule has 0 spiro atoms. The summed E-state index contributed by atoms with van der Waals surface area (Å²) >= 11 is 6.10. The third-order valence-corrected chi connectivity index (χ3v) is 4.60. The molecule has 0 aliphatic heterocycles. The molecule has 1 N–H and O–H groups in total. The molecule has 1 aliphatic carbocycles. The lowest BCUT2D eigenvalue weighted by Gasteiger charge is -2.27. The number of benzene rings is 1. The molecule has 1 aromatic heterocycles. The van der Waals surface area contributed by atoms with E-state index in [1.54, 1.807) is 12.3 Å². The van der Waals surface area contributed by atoms with Gasteiger partial charge in [0.2, 0.25) is 5.91 Å². The SMILES string of the molecule is O=C(CN(Cc1ccco1)C1CCCC1)Nc1ccccc1Cl. The Labute approximate surface area is 141 Å². The van der Waals surface area contributed by atoms with Crippen LogP contribution in [-0.4, -0.2) is 23.4 Å². The van der Waals surface area contributed by atoms with Crippen molar-refractivity contribution in [1.29, 1.82) is 0 Å². The first-order valence-electron chi connectivity index (χ1n) is 8.03. The molecule has 1 fully saturated rings. The van der Waals surface area contributed by atoms with Crippen LogP contribution in [0.2, 0.25) is 5.02 Å². The van der Waals surface area contributed by atoms with Gasteiger partial charge in [0, 0.05) is 6.04 Å². The monoisotopic (exact) mass is 332 g/mol. The molecule has 1 amide bonds. The van der Waals surface area contributed by atoms with E-state index in [0.717, 1.165) is 18.6 Å². The van der Waals surface area contributed by atoms with E-state index in [0.29, 0.717) is 29.8 Å². The first kappa shape index (κ1) is 16.1. The maximum atomic E-state index is 12.4. The average molecular weight is 333 g/mol. The summed E-state index contributed by atoms with van der Waals surface area (Å²) in [5, 5.41) is 3.46. The molecule has 0 unspecified atom stereocenters. The van der Waals surface area contributed by atoms with Crippen molar-refractivity contribution < 1.29 is 9.21 Å². The summed E-state index contributed by atoms with van der Waals surface area (Å²) in [5.41, 5.74) is 0.656. The largest absolute Gasteiger partial charge is 0.468 e. The lowest BCUT2D eigenvalue weighted by atomic mass is 10.2. The molecule has 2 aromatic rings. The molecule has 23 heavy (non-hydrogen) atoms. The Hall–Kier alpha value is -1.78. The van der Waals surface area contributed by atoms with Crippen molar-refractivity contribution in [2.24, 2.45) is 0 Å². The number of amides is 1.